The molecule has 0 atom stereocenters. The van der Waals surface area contributed by atoms with Gasteiger partial charge in [-0.2, -0.15) is 0 Å². The van der Waals surface area contributed by atoms with Gasteiger partial charge >= 0.3 is 0 Å². The van der Waals surface area contributed by atoms with E-state index < -0.39 is 0 Å². The van der Waals surface area contributed by atoms with E-state index in [2.05, 4.69) is 0 Å². The maximum atomic E-state index is 13.8. The molecule has 0 saturated carbocycles. The first-order valence-electron chi connectivity index (χ1n) is 6.10. The van der Waals surface area contributed by atoms with Gasteiger partial charge in [0.25, 0.3) is 0 Å². The second-order valence-electron chi connectivity index (χ2n) is 4.32. The van der Waals surface area contributed by atoms with Gasteiger partial charge in [-0.25, -0.2) is 8.78 Å². The zero-order valence-electron chi connectivity index (χ0n) is 10.7. The maximum absolute atomic E-state index is 13.8. The molecule has 2 N–H and O–H groups in total. The zero-order valence-corrected chi connectivity index (χ0v) is 10.7. The fourth-order valence-electron chi connectivity index (χ4n) is 2.09. The number of benzene rings is 2. The van der Waals surface area contributed by atoms with Crippen molar-refractivity contribution in [2.75, 3.05) is 18.5 Å². The van der Waals surface area contributed by atoms with Gasteiger partial charge in [0.1, 0.15) is 11.6 Å². The van der Waals surface area contributed by atoms with Crippen LogP contribution in [-0.2, 0) is 6.42 Å². The average molecular weight is 262 g/mol. The van der Waals surface area contributed by atoms with Crippen LogP contribution in [0, 0.1) is 11.6 Å². The third-order valence-corrected chi connectivity index (χ3v) is 3.03. The van der Waals surface area contributed by atoms with Gasteiger partial charge < -0.3 is 10.6 Å². The van der Waals surface area contributed by atoms with Crippen LogP contribution in [0.3, 0.4) is 0 Å². The number of nitrogens with zero attached hydrogens (tertiary/aromatic N) is 1. The monoisotopic (exact) mass is 262 g/mol. The van der Waals surface area contributed by atoms with Gasteiger partial charge in [0, 0.05) is 12.7 Å². The minimum atomic E-state index is -0.312. The lowest BCUT2D eigenvalue weighted by atomic mass is 10.1. The lowest BCUT2D eigenvalue weighted by Gasteiger charge is -2.23. The van der Waals surface area contributed by atoms with Crippen molar-refractivity contribution < 1.29 is 8.78 Å². The number of anilines is 2. The molecule has 100 valence electrons. The van der Waals surface area contributed by atoms with Gasteiger partial charge in [-0.1, -0.05) is 12.1 Å². The molecule has 0 fully saturated rings. The van der Waals surface area contributed by atoms with Crippen LogP contribution in [0.2, 0.25) is 0 Å². The molecule has 2 aromatic carbocycles. The smallest absolute Gasteiger partial charge is 0.146 e. The van der Waals surface area contributed by atoms with Gasteiger partial charge in [0.2, 0.25) is 0 Å². The summed E-state index contributed by atoms with van der Waals surface area (Å²) >= 11 is 0. The molecule has 0 aliphatic rings. The Bertz CT molecular complexity index is 570. The predicted molar refractivity (Wildman–Crippen MR) is 73.6 cm³/mol. The fraction of sp³-hybridized carbons (Fsp3) is 0.200. The highest BCUT2D eigenvalue weighted by Gasteiger charge is 2.12. The zero-order chi connectivity index (χ0) is 13.8. The Morgan fingerprint density at radius 2 is 1.79 bits per heavy atom. The number of para-hydroxylation sites is 1. The highest BCUT2D eigenvalue weighted by Crippen LogP contribution is 2.29. The second kappa shape index (κ2) is 5.80. The summed E-state index contributed by atoms with van der Waals surface area (Å²) in [4.78, 5) is 1.71. The van der Waals surface area contributed by atoms with E-state index >= 15 is 0 Å². The number of rotatable bonds is 4. The molecule has 0 amide bonds. The lowest BCUT2D eigenvalue weighted by Crippen LogP contribution is -2.15. The molecule has 2 nitrogen and oxygen atoms in total. The normalized spacial score (nSPS) is 10.5. The number of hydrogen-bond donors (Lipinski definition) is 1. The third kappa shape index (κ3) is 2.90. The molecule has 0 bridgehead atoms. The van der Waals surface area contributed by atoms with Crippen molar-refractivity contribution in [1.29, 1.82) is 0 Å². The van der Waals surface area contributed by atoms with Crippen LogP contribution in [0.1, 0.15) is 5.56 Å². The van der Waals surface area contributed by atoms with Crippen molar-refractivity contribution >= 4 is 11.4 Å². The Kier molecular flexibility index (Phi) is 4.12. The first-order valence-corrected chi connectivity index (χ1v) is 6.10. The van der Waals surface area contributed by atoms with E-state index in [1.165, 1.54) is 18.2 Å². The van der Waals surface area contributed by atoms with Crippen molar-refractivity contribution in [3.05, 3.63) is 59.7 Å². The fourth-order valence-corrected chi connectivity index (χ4v) is 2.09. The van der Waals surface area contributed by atoms with E-state index in [1.807, 2.05) is 0 Å². The van der Waals surface area contributed by atoms with Gasteiger partial charge in [-0.15, -0.1) is 0 Å². The van der Waals surface area contributed by atoms with Gasteiger partial charge in [0.05, 0.1) is 5.69 Å². The topological polar surface area (TPSA) is 29.3 Å². The summed E-state index contributed by atoms with van der Waals surface area (Å²) in [6.45, 7) is 0.418. The number of nitrogens with two attached hydrogens (primary N) is 1. The first kappa shape index (κ1) is 13.5. The van der Waals surface area contributed by atoms with Crippen LogP contribution in [0.25, 0.3) is 0 Å². The molecule has 0 aliphatic carbocycles. The number of halogens is 2. The molecule has 19 heavy (non-hydrogen) atoms. The standard InChI is InChI=1S/C15H16F2N2/c1-19(15-5-3-2-4-13(15)17)14-7-6-12(16)10-11(14)8-9-18/h2-7,10H,8-9,18H2,1H3. The summed E-state index contributed by atoms with van der Waals surface area (Å²) in [5.74, 6) is -0.623. The van der Waals surface area contributed by atoms with Crippen molar-refractivity contribution in [2.24, 2.45) is 5.73 Å². The molecule has 0 aliphatic heterocycles. The third-order valence-electron chi connectivity index (χ3n) is 3.03. The number of hydrogen-bond acceptors (Lipinski definition) is 2. The molecule has 2 aromatic rings. The Hall–Kier alpha value is -1.94. The molecular formula is C15H16F2N2. The first-order chi connectivity index (χ1) is 9.13. The maximum Gasteiger partial charge on any atom is 0.146 e. The van der Waals surface area contributed by atoms with Gasteiger partial charge in [-0.3, -0.25) is 0 Å². The van der Waals surface area contributed by atoms with Crippen molar-refractivity contribution in [3.63, 3.8) is 0 Å². The Labute approximate surface area is 111 Å². The largest absolute Gasteiger partial charge is 0.342 e. The predicted octanol–water partition coefficient (Wildman–Crippen LogP) is 3.23. The van der Waals surface area contributed by atoms with Crippen LogP contribution in [0.5, 0.6) is 0 Å². The molecule has 0 aromatic heterocycles. The van der Waals surface area contributed by atoms with E-state index in [-0.39, 0.29) is 11.6 Å². The second-order valence-corrected chi connectivity index (χ2v) is 4.32. The molecule has 0 unspecified atom stereocenters. The summed E-state index contributed by atoms with van der Waals surface area (Å²) in [7, 11) is 1.76. The van der Waals surface area contributed by atoms with E-state index in [9.17, 15) is 8.78 Å². The van der Waals surface area contributed by atoms with E-state index in [0.29, 0.717) is 18.7 Å². The summed E-state index contributed by atoms with van der Waals surface area (Å²) in [5.41, 5.74) is 7.52. The van der Waals surface area contributed by atoms with E-state index in [1.54, 1.807) is 36.2 Å². The Morgan fingerprint density at radius 3 is 2.47 bits per heavy atom. The summed E-state index contributed by atoms with van der Waals surface area (Å²) in [6, 6.07) is 10.9. The molecule has 4 heteroatoms. The average Bonchev–Trinajstić information content (AvgIpc) is 2.39. The molecular weight excluding hydrogens is 246 g/mol. The van der Waals surface area contributed by atoms with Crippen LogP contribution in [0.15, 0.2) is 42.5 Å². The van der Waals surface area contributed by atoms with Crippen molar-refractivity contribution in [3.8, 4) is 0 Å². The SMILES string of the molecule is CN(c1ccccc1F)c1ccc(F)cc1CCN. The van der Waals surface area contributed by atoms with Crippen LogP contribution < -0.4 is 10.6 Å². The minimum Gasteiger partial charge on any atom is -0.342 e. The van der Waals surface area contributed by atoms with Crippen LogP contribution in [-0.4, -0.2) is 13.6 Å². The molecule has 0 radical (unpaired) electrons. The highest BCUT2D eigenvalue weighted by molar-refractivity contribution is 5.66. The van der Waals surface area contributed by atoms with Gasteiger partial charge in [-0.05, 0) is 48.9 Å². The summed E-state index contributed by atoms with van der Waals surface area (Å²) < 4.78 is 27.1. The van der Waals surface area contributed by atoms with Crippen LogP contribution >= 0.6 is 0 Å². The quantitative estimate of drug-likeness (QED) is 0.916. The molecule has 0 heterocycles. The summed E-state index contributed by atoms with van der Waals surface area (Å²) in [6.07, 6.45) is 0.548. The van der Waals surface area contributed by atoms with Crippen molar-refractivity contribution in [2.45, 2.75) is 6.42 Å². The minimum absolute atomic E-state index is 0.311. The van der Waals surface area contributed by atoms with E-state index in [0.717, 1.165) is 11.3 Å². The Morgan fingerprint density at radius 1 is 1.05 bits per heavy atom. The van der Waals surface area contributed by atoms with Crippen LogP contribution in [0.4, 0.5) is 20.2 Å². The van der Waals surface area contributed by atoms with Gasteiger partial charge in [0.15, 0.2) is 0 Å². The van der Waals surface area contributed by atoms with Crippen molar-refractivity contribution in [1.82, 2.24) is 0 Å². The highest BCUT2D eigenvalue weighted by atomic mass is 19.1. The molecule has 0 saturated heterocycles. The Balaban J connectivity index is 2.43. The molecule has 2 rings (SSSR count). The lowest BCUT2D eigenvalue weighted by molar-refractivity contribution is 0.623. The summed E-state index contributed by atoms with van der Waals surface area (Å²) in [5, 5.41) is 0. The molecule has 0 spiro atoms. The van der Waals surface area contributed by atoms with E-state index in [4.69, 9.17) is 5.73 Å².